The van der Waals surface area contributed by atoms with Gasteiger partial charge >= 0.3 is 0 Å². The van der Waals surface area contributed by atoms with Crippen LogP contribution in [-0.4, -0.2) is 16.9 Å². The van der Waals surface area contributed by atoms with E-state index in [1.165, 1.54) is 0 Å². The quantitative estimate of drug-likeness (QED) is 0.556. The molecule has 9 heavy (non-hydrogen) atoms. The van der Waals surface area contributed by atoms with Crippen molar-refractivity contribution in [2.24, 2.45) is 0 Å². The molecular formula is C7H15NO. The lowest BCUT2D eigenvalue weighted by Gasteiger charge is -2.03. The van der Waals surface area contributed by atoms with Crippen LogP contribution in [0.2, 0.25) is 0 Å². The van der Waals surface area contributed by atoms with Crippen LogP contribution < -0.4 is 0 Å². The molecule has 0 aromatic heterocycles. The van der Waals surface area contributed by atoms with Gasteiger partial charge in [-0.3, -0.25) is 0 Å². The Bertz CT molecular complexity index is 88.9. The molecule has 0 heterocycles. The molecule has 0 spiro atoms. The fraction of sp³-hybridized carbons (Fsp3) is 0.857. The van der Waals surface area contributed by atoms with E-state index in [9.17, 15) is 0 Å². The minimum absolute atomic E-state index is 0.343. The van der Waals surface area contributed by atoms with Gasteiger partial charge in [0.15, 0.2) is 0 Å². The molecular weight excluding hydrogens is 114 g/mol. The smallest absolute Gasteiger partial charge is 0.0564 e. The molecule has 2 N–H and O–H groups in total. The lowest BCUT2D eigenvalue weighted by molar-refractivity contribution is 0.202. The van der Waals surface area contributed by atoms with Gasteiger partial charge in [0.25, 0.3) is 0 Å². The van der Waals surface area contributed by atoms with Crippen LogP contribution in [-0.2, 0) is 0 Å². The number of hydrogen-bond acceptors (Lipinski definition) is 2. The molecule has 0 aliphatic heterocycles. The van der Waals surface area contributed by atoms with E-state index >= 15 is 0 Å². The summed E-state index contributed by atoms with van der Waals surface area (Å²) in [6.07, 6.45) is 2.02. The molecule has 0 saturated carbocycles. The number of aliphatic hydroxyl groups is 1. The molecule has 54 valence electrons. The van der Waals surface area contributed by atoms with E-state index < -0.39 is 0 Å². The Morgan fingerprint density at radius 3 is 2.56 bits per heavy atom. The zero-order valence-corrected chi connectivity index (χ0v) is 6.15. The maximum absolute atomic E-state index is 8.81. The van der Waals surface area contributed by atoms with Crippen LogP contribution >= 0.6 is 0 Å². The summed E-state index contributed by atoms with van der Waals surface area (Å²) < 4.78 is 0. The summed E-state index contributed by atoms with van der Waals surface area (Å²) in [7, 11) is 0. The molecule has 2 heteroatoms. The largest absolute Gasteiger partial charge is 0.393 e. The zero-order valence-electron chi connectivity index (χ0n) is 6.15. The minimum atomic E-state index is -0.343. The van der Waals surface area contributed by atoms with Crippen LogP contribution in [0.15, 0.2) is 0 Å². The first kappa shape index (κ1) is 8.63. The van der Waals surface area contributed by atoms with Crippen LogP contribution in [0.3, 0.4) is 0 Å². The van der Waals surface area contributed by atoms with Gasteiger partial charge in [-0.25, -0.2) is 0 Å². The number of hydrogen-bond donors (Lipinski definition) is 2. The second-order valence-electron chi connectivity index (χ2n) is 2.41. The van der Waals surface area contributed by atoms with Crippen LogP contribution in [0.1, 0.15) is 33.1 Å². The fourth-order valence-electron chi connectivity index (χ4n) is 0.760. The number of aliphatic hydroxyl groups excluding tert-OH is 1. The standard InChI is InChI=1S/C7H15NO/c1-3-4-7(8)5-6(2)9/h6,8-9H,3-5H2,1-2H3. The first-order valence-electron chi connectivity index (χ1n) is 3.41. The Morgan fingerprint density at radius 1 is 1.67 bits per heavy atom. The van der Waals surface area contributed by atoms with Gasteiger partial charge in [-0.1, -0.05) is 13.3 Å². The third-order valence-electron chi connectivity index (χ3n) is 1.09. The Hall–Kier alpha value is -0.370. The SMILES string of the molecule is CCCC(=N)CC(C)O. The normalized spacial score (nSPS) is 13.2. The predicted molar refractivity (Wildman–Crippen MR) is 38.9 cm³/mol. The topological polar surface area (TPSA) is 44.1 Å². The van der Waals surface area contributed by atoms with Gasteiger partial charge in [-0.15, -0.1) is 0 Å². The van der Waals surface area contributed by atoms with Crippen molar-refractivity contribution in [2.75, 3.05) is 0 Å². The van der Waals surface area contributed by atoms with Crippen LogP contribution in [0.4, 0.5) is 0 Å². The number of rotatable bonds is 4. The summed E-state index contributed by atoms with van der Waals surface area (Å²) in [5.41, 5.74) is 0.660. The van der Waals surface area contributed by atoms with Gasteiger partial charge < -0.3 is 10.5 Å². The monoisotopic (exact) mass is 129 g/mol. The van der Waals surface area contributed by atoms with E-state index in [2.05, 4.69) is 0 Å². The molecule has 1 unspecified atom stereocenters. The van der Waals surface area contributed by atoms with Gasteiger partial charge in [0.2, 0.25) is 0 Å². The molecule has 0 aromatic rings. The van der Waals surface area contributed by atoms with Crippen molar-refractivity contribution in [1.29, 1.82) is 5.41 Å². The first-order valence-corrected chi connectivity index (χ1v) is 3.41. The van der Waals surface area contributed by atoms with Crippen LogP contribution in [0, 0.1) is 5.41 Å². The Labute approximate surface area is 56.4 Å². The average molecular weight is 129 g/mol. The molecule has 0 bridgehead atoms. The minimum Gasteiger partial charge on any atom is -0.393 e. The highest BCUT2D eigenvalue weighted by molar-refractivity contribution is 5.81. The molecule has 0 aliphatic rings. The summed E-state index contributed by atoms with van der Waals surface area (Å²) in [6, 6.07) is 0. The maximum Gasteiger partial charge on any atom is 0.0564 e. The Kier molecular flexibility index (Phi) is 4.32. The summed E-state index contributed by atoms with van der Waals surface area (Å²) in [5.74, 6) is 0. The lowest BCUT2D eigenvalue weighted by Crippen LogP contribution is -2.07. The Balaban J connectivity index is 3.27. The molecule has 0 saturated heterocycles. The van der Waals surface area contributed by atoms with Gasteiger partial charge in [0.1, 0.15) is 0 Å². The first-order chi connectivity index (χ1) is 4.16. The van der Waals surface area contributed by atoms with Crippen molar-refractivity contribution in [3.63, 3.8) is 0 Å². The molecule has 0 radical (unpaired) electrons. The van der Waals surface area contributed by atoms with Gasteiger partial charge in [-0.2, -0.15) is 0 Å². The summed E-state index contributed by atoms with van der Waals surface area (Å²) >= 11 is 0. The molecule has 0 aliphatic carbocycles. The lowest BCUT2D eigenvalue weighted by atomic mass is 10.1. The van der Waals surface area contributed by atoms with E-state index in [0.717, 1.165) is 12.8 Å². The zero-order chi connectivity index (χ0) is 7.28. The van der Waals surface area contributed by atoms with Gasteiger partial charge in [0, 0.05) is 12.1 Å². The summed E-state index contributed by atoms with van der Waals surface area (Å²) in [5, 5.41) is 16.1. The maximum atomic E-state index is 8.81. The second-order valence-corrected chi connectivity index (χ2v) is 2.41. The van der Waals surface area contributed by atoms with Crippen molar-refractivity contribution < 1.29 is 5.11 Å². The van der Waals surface area contributed by atoms with E-state index in [0.29, 0.717) is 12.1 Å². The van der Waals surface area contributed by atoms with Gasteiger partial charge in [0.05, 0.1) is 6.10 Å². The molecule has 0 rings (SSSR count). The third-order valence-corrected chi connectivity index (χ3v) is 1.09. The highest BCUT2D eigenvalue weighted by Gasteiger charge is 1.99. The van der Waals surface area contributed by atoms with E-state index in [1.54, 1.807) is 6.92 Å². The molecule has 0 amide bonds. The summed E-state index contributed by atoms with van der Waals surface area (Å²) in [4.78, 5) is 0. The number of nitrogens with one attached hydrogen (secondary N) is 1. The summed E-state index contributed by atoms with van der Waals surface area (Å²) in [6.45, 7) is 3.75. The molecule has 0 aromatic carbocycles. The predicted octanol–water partition coefficient (Wildman–Crippen LogP) is 1.58. The highest BCUT2D eigenvalue weighted by atomic mass is 16.3. The second kappa shape index (κ2) is 4.50. The van der Waals surface area contributed by atoms with Crippen molar-refractivity contribution in [3.05, 3.63) is 0 Å². The van der Waals surface area contributed by atoms with Crippen molar-refractivity contribution in [3.8, 4) is 0 Å². The van der Waals surface area contributed by atoms with E-state index in [4.69, 9.17) is 10.5 Å². The third kappa shape index (κ3) is 5.50. The van der Waals surface area contributed by atoms with Crippen molar-refractivity contribution >= 4 is 5.71 Å². The van der Waals surface area contributed by atoms with Crippen molar-refractivity contribution in [2.45, 2.75) is 39.2 Å². The van der Waals surface area contributed by atoms with Crippen LogP contribution in [0.25, 0.3) is 0 Å². The van der Waals surface area contributed by atoms with Gasteiger partial charge in [-0.05, 0) is 13.3 Å². The highest BCUT2D eigenvalue weighted by Crippen LogP contribution is 1.97. The molecule has 0 fully saturated rings. The average Bonchev–Trinajstić information content (AvgIpc) is 1.63. The van der Waals surface area contributed by atoms with E-state index in [-0.39, 0.29) is 6.10 Å². The molecule has 2 nitrogen and oxygen atoms in total. The van der Waals surface area contributed by atoms with E-state index in [1.807, 2.05) is 6.92 Å². The molecule has 1 atom stereocenters. The fourth-order valence-corrected chi connectivity index (χ4v) is 0.760. The Morgan fingerprint density at radius 2 is 2.22 bits per heavy atom. The van der Waals surface area contributed by atoms with Crippen LogP contribution in [0.5, 0.6) is 0 Å². The van der Waals surface area contributed by atoms with Crippen molar-refractivity contribution in [1.82, 2.24) is 0 Å².